The largest absolute Gasteiger partial charge is 0.507 e. The summed E-state index contributed by atoms with van der Waals surface area (Å²) in [5.74, 6) is -0.745. The summed E-state index contributed by atoms with van der Waals surface area (Å²) < 4.78 is 22.8. The van der Waals surface area contributed by atoms with Crippen molar-refractivity contribution >= 4 is 28.3 Å². The van der Waals surface area contributed by atoms with Gasteiger partial charge in [-0.1, -0.05) is 37.6 Å². The van der Waals surface area contributed by atoms with Crippen LogP contribution in [0.5, 0.6) is 11.5 Å². The second-order valence-electron chi connectivity index (χ2n) is 10.8. The molecule has 1 saturated heterocycles. The van der Waals surface area contributed by atoms with Crippen LogP contribution in [0.25, 0.3) is 28.0 Å². The fourth-order valence-corrected chi connectivity index (χ4v) is 6.16. The summed E-state index contributed by atoms with van der Waals surface area (Å²) in [5, 5.41) is 11.4. The van der Waals surface area contributed by atoms with Crippen LogP contribution in [0.4, 0.5) is 10.1 Å². The van der Waals surface area contributed by atoms with Crippen molar-refractivity contribution < 1.29 is 14.2 Å². The lowest BCUT2D eigenvalue weighted by Gasteiger charge is -2.45. The molecule has 8 nitrogen and oxygen atoms in total. The topological polar surface area (TPSA) is 83.7 Å². The molecule has 0 spiro atoms. The van der Waals surface area contributed by atoms with E-state index in [1.807, 2.05) is 39.8 Å². The first-order valence-electron chi connectivity index (χ1n) is 13.7. The number of hydrogen-bond acceptors (Lipinski definition) is 7. The molecule has 1 aromatic carbocycles. The molecule has 0 amide bonds. The van der Waals surface area contributed by atoms with Gasteiger partial charge in [0.15, 0.2) is 5.65 Å². The van der Waals surface area contributed by atoms with Gasteiger partial charge in [-0.25, -0.2) is 9.37 Å². The molecule has 5 heterocycles. The Labute approximate surface area is 242 Å². The third-order valence-corrected chi connectivity index (χ3v) is 8.06. The van der Waals surface area contributed by atoms with E-state index in [0.29, 0.717) is 35.6 Å². The van der Waals surface area contributed by atoms with E-state index in [9.17, 15) is 9.90 Å². The molecular weight excluding hydrogens is 545 g/mol. The highest BCUT2D eigenvalue weighted by molar-refractivity contribution is 6.34. The first kappa shape index (κ1) is 27.1. The number of allylic oxidation sites excluding steroid dienone is 1. The van der Waals surface area contributed by atoms with Crippen molar-refractivity contribution in [3.8, 4) is 28.4 Å². The molecule has 0 aliphatic carbocycles. The van der Waals surface area contributed by atoms with Gasteiger partial charge in [-0.3, -0.25) is 14.3 Å². The molecule has 0 radical (unpaired) electrons. The van der Waals surface area contributed by atoms with E-state index in [0.717, 1.165) is 18.7 Å². The lowest BCUT2D eigenvalue weighted by molar-refractivity contribution is 0.199. The van der Waals surface area contributed by atoms with Crippen molar-refractivity contribution in [3.63, 3.8) is 0 Å². The number of fused-ring (bicyclic) bond motifs is 5. The van der Waals surface area contributed by atoms with Gasteiger partial charge in [-0.15, -0.1) is 0 Å². The van der Waals surface area contributed by atoms with E-state index in [1.165, 1.54) is 22.8 Å². The molecule has 212 valence electrons. The van der Waals surface area contributed by atoms with Crippen molar-refractivity contribution in [3.05, 3.63) is 81.3 Å². The number of aromatic hydroxyl groups is 1. The van der Waals surface area contributed by atoms with Crippen molar-refractivity contribution in [1.82, 2.24) is 19.4 Å². The standard InChI is InChI=1S/C31H31ClFN5O3/c1-5-11-36-12-13-37-19(15-36)16-41-29-28(37)20-14-21(32)26(24-22(33)7-6-8-23(24)39)35-30(20)38(31(29)40)27-18(4)9-10-34-25(27)17(2)3/h5-11,14,17,19,39H,12-13,15-16H2,1-4H3/t19-/m1/s1. The molecule has 1 fully saturated rings. The highest BCUT2D eigenvalue weighted by Crippen LogP contribution is 2.44. The SMILES string of the molecule is CC=CN1CCN2c3c(c(=O)n(-c4c(C)ccnc4C(C)C)c4nc(-c5c(O)cccc5F)c(Cl)cc34)OC[C@H]2C1. The number of hydrogen-bond donors (Lipinski definition) is 1. The summed E-state index contributed by atoms with van der Waals surface area (Å²) in [7, 11) is 0. The second kappa shape index (κ2) is 10.4. The Bertz CT molecular complexity index is 1750. The van der Waals surface area contributed by atoms with Crippen LogP contribution in [0.15, 0.2) is 53.6 Å². The highest BCUT2D eigenvalue weighted by atomic mass is 35.5. The zero-order valence-corrected chi connectivity index (χ0v) is 24.1. The molecule has 0 saturated carbocycles. The van der Waals surface area contributed by atoms with Crippen LogP contribution in [0, 0.1) is 12.7 Å². The molecule has 1 N–H and O–H groups in total. The predicted octanol–water partition coefficient (Wildman–Crippen LogP) is 5.79. The van der Waals surface area contributed by atoms with Gasteiger partial charge in [0.05, 0.1) is 39.4 Å². The van der Waals surface area contributed by atoms with Gasteiger partial charge in [-0.2, -0.15) is 0 Å². The highest BCUT2D eigenvalue weighted by Gasteiger charge is 2.37. The molecule has 4 aromatic rings. The average molecular weight is 576 g/mol. The molecule has 10 heteroatoms. The number of rotatable bonds is 4. The van der Waals surface area contributed by atoms with Crippen LogP contribution in [0.3, 0.4) is 0 Å². The second-order valence-corrected chi connectivity index (χ2v) is 11.2. The third-order valence-electron chi connectivity index (χ3n) is 7.77. The minimum absolute atomic E-state index is 0.00439. The summed E-state index contributed by atoms with van der Waals surface area (Å²) in [4.78, 5) is 28.3. The lowest BCUT2D eigenvalue weighted by atomic mass is 10.0. The number of anilines is 1. The van der Waals surface area contributed by atoms with Crippen LogP contribution in [0.2, 0.25) is 5.02 Å². The molecule has 2 aliphatic heterocycles. The van der Waals surface area contributed by atoms with Crippen molar-refractivity contribution in [2.45, 2.75) is 39.7 Å². The van der Waals surface area contributed by atoms with Crippen molar-refractivity contribution in [1.29, 1.82) is 0 Å². The summed E-state index contributed by atoms with van der Waals surface area (Å²) in [5.41, 5.74) is 2.60. The minimum atomic E-state index is -0.672. The fraction of sp³-hybridized carbons (Fsp3) is 0.323. The van der Waals surface area contributed by atoms with Gasteiger partial charge in [0.2, 0.25) is 5.75 Å². The van der Waals surface area contributed by atoms with Crippen LogP contribution in [-0.2, 0) is 0 Å². The third kappa shape index (κ3) is 4.39. The number of phenols is 1. The van der Waals surface area contributed by atoms with E-state index in [4.69, 9.17) is 21.3 Å². The van der Waals surface area contributed by atoms with Crippen LogP contribution < -0.4 is 15.2 Å². The number of pyridine rings is 3. The zero-order chi connectivity index (χ0) is 29.0. The number of benzene rings is 1. The molecule has 41 heavy (non-hydrogen) atoms. The number of piperazine rings is 1. The summed E-state index contributed by atoms with van der Waals surface area (Å²) >= 11 is 6.80. The van der Waals surface area contributed by atoms with Gasteiger partial charge < -0.3 is 19.6 Å². The van der Waals surface area contributed by atoms with Crippen molar-refractivity contribution in [2.24, 2.45) is 0 Å². The Balaban J connectivity index is 1.71. The molecule has 2 aliphatic rings. The summed E-state index contributed by atoms with van der Waals surface area (Å²) in [6.07, 6.45) is 5.79. The monoisotopic (exact) mass is 575 g/mol. The number of aryl methyl sites for hydroxylation is 1. The Morgan fingerprint density at radius 3 is 2.76 bits per heavy atom. The Kier molecular flexibility index (Phi) is 6.85. The number of nitrogens with zero attached hydrogens (tertiary/aromatic N) is 5. The van der Waals surface area contributed by atoms with Crippen molar-refractivity contribution in [2.75, 3.05) is 31.1 Å². The number of phenolic OH excluding ortho intramolecular Hbond substituents is 1. The molecule has 1 atom stereocenters. The van der Waals surface area contributed by atoms with E-state index in [2.05, 4.69) is 21.0 Å². The number of ether oxygens (including phenoxy) is 1. The molecule has 6 rings (SSSR count). The quantitative estimate of drug-likeness (QED) is 0.329. The first-order valence-corrected chi connectivity index (χ1v) is 14.1. The Hall–Kier alpha value is -4.11. The number of aromatic nitrogens is 3. The zero-order valence-electron chi connectivity index (χ0n) is 23.4. The van der Waals surface area contributed by atoms with E-state index < -0.39 is 5.82 Å². The van der Waals surface area contributed by atoms with Gasteiger partial charge in [0.1, 0.15) is 18.2 Å². The van der Waals surface area contributed by atoms with E-state index in [-0.39, 0.29) is 50.9 Å². The van der Waals surface area contributed by atoms with E-state index >= 15 is 4.39 Å². The van der Waals surface area contributed by atoms with Gasteiger partial charge in [0, 0.05) is 31.2 Å². The Morgan fingerprint density at radius 2 is 2.02 bits per heavy atom. The average Bonchev–Trinajstić information content (AvgIpc) is 2.94. The van der Waals surface area contributed by atoms with Gasteiger partial charge in [-0.05, 0) is 55.8 Å². The minimum Gasteiger partial charge on any atom is -0.507 e. The maximum atomic E-state index is 15.1. The maximum Gasteiger partial charge on any atom is 0.301 e. The van der Waals surface area contributed by atoms with Crippen LogP contribution in [0.1, 0.15) is 37.9 Å². The summed E-state index contributed by atoms with van der Waals surface area (Å²) in [6, 6.07) is 7.58. The normalized spacial score (nSPS) is 16.8. The fourth-order valence-electron chi connectivity index (χ4n) is 5.92. The summed E-state index contributed by atoms with van der Waals surface area (Å²) in [6.45, 7) is 10.4. The molecular formula is C31H31ClFN5O3. The molecule has 0 bridgehead atoms. The number of halogens is 2. The van der Waals surface area contributed by atoms with Gasteiger partial charge in [0.25, 0.3) is 0 Å². The first-order chi connectivity index (χ1) is 19.7. The molecule has 0 unspecified atom stereocenters. The van der Waals surface area contributed by atoms with Crippen LogP contribution in [-0.4, -0.2) is 56.8 Å². The molecule has 3 aromatic heterocycles. The van der Waals surface area contributed by atoms with Gasteiger partial charge >= 0.3 is 5.56 Å². The lowest BCUT2D eigenvalue weighted by Crippen LogP contribution is -2.56. The smallest absolute Gasteiger partial charge is 0.301 e. The Morgan fingerprint density at radius 1 is 1.22 bits per heavy atom. The van der Waals surface area contributed by atoms with Crippen LogP contribution >= 0.6 is 11.6 Å². The predicted molar refractivity (Wildman–Crippen MR) is 159 cm³/mol. The maximum absolute atomic E-state index is 15.1. The van der Waals surface area contributed by atoms with E-state index in [1.54, 1.807) is 12.3 Å².